The van der Waals surface area contributed by atoms with E-state index in [1.807, 2.05) is 54.6 Å². The normalized spacial score (nSPS) is 10.6. The summed E-state index contributed by atoms with van der Waals surface area (Å²) in [6.07, 6.45) is 2.03. The standard InChI is InChI=1S/C25H27NO4/c1-29-24(27)14-8-9-17-26(18-19-10-4-3-5-11-19)23-16-15-22(25(28)30-2)20-12-6-7-13-21(20)23/h3-7,10-13,15-16H,8-9,14,17-18H2,1-2H3. The summed E-state index contributed by atoms with van der Waals surface area (Å²) in [6.45, 7) is 1.52. The van der Waals surface area contributed by atoms with E-state index in [1.54, 1.807) is 0 Å². The van der Waals surface area contributed by atoms with Gasteiger partial charge in [-0.15, -0.1) is 0 Å². The van der Waals surface area contributed by atoms with Crippen molar-refractivity contribution in [3.8, 4) is 0 Å². The van der Waals surface area contributed by atoms with Gasteiger partial charge in [0.1, 0.15) is 0 Å². The van der Waals surface area contributed by atoms with Crippen molar-refractivity contribution in [1.82, 2.24) is 0 Å². The number of esters is 2. The molecule has 0 bridgehead atoms. The zero-order valence-electron chi connectivity index (χ0n) is 17.5. The third-order valence-corrected chi connectivity index (χ3v) is 5.15. The number of nitrogens with zero attached hydrogens (tertiary/aromatic N) is 1. The number of rotatable bonds is 9. The molecule has 3 aromatic rings. The minimum atomic E-state index is -0.342. The van der Waals surface area contributed by atoms with Crippen LogP contribution in [0.15, 0.2) is 66.7 Å². The van der Waals surface area contributed by atoms with Crippen LogP contribution in [0.5, 0.6) is 0 Å². The Balaban J connectivity index is 1.93. The van der Waals surface area contributed by atoms with E-state index >= 15 is 0 Å². The quantitative estimate of drug-likeness (QED) is 0.371. The summed E-state index contributed by atoms with van der Waals surface area (Å²) in [6, 6.07) is 22.0. The third-order valence-electron chi connectivity index (χ3n) is 5.15. The van der Waals surface area contributed by atoms with Gasteiger partial charge in [-0.05, 0) is 35.9 Å². The van der Waals surface area contributed by atoms with Gasteiger partial charge < -0.3 is 14.4 Å². The summed E-state index contributed by atoms with van der Waals surface area (Å²) < 4.78 is 9.70. The predicted octanol–water partition coefficient (Wildman–Crippen LogP) is 4.98. The molecule has 0 saturated carbocycles. The number of fused-ring (bicyclic) bond motifs is 1. The Morgan fingerprint density at radius 1 is 0.800 bits per heavy atom. The smallest absolute Gasteiger partial charge is 0.338 e. The summed E-state index contributed by atoms with van der Waals surface area (Å²) in [5, 5.41) is 1.87. The number of unbranched alkanes of at least 4 members (excludes halogenated alkanes) is 1. The Hall–Kier alpha value is -3.34. The van der Waals surface area contributed by atoms with Crippen LogP contribution in [0.3, 0.4) is 0 Å². The highest BCUT2D eigenvalue weighted by molar-refractivity contribution is 6.08. The number of hydrogen-bond acceptors (Lipinski definition) is 5. The van der Waals surface area contributed by atoms with Crippen LogP contribution < -0.4 is 4.90 Å². The van der Waals surface area contributed by atoms with E-state index in [0.717, 1.165) is 42.4 Å². The van der Waals surface area contributed by atoms with E-state index < -0.39 is 0 Å². The fourth-order valence-corrected chi connectivity index (χ4v) is 3.61. The zero-order chi connectivity index (χ0) is 21.3. The number of hydrogen-bond donors (Lipinski definition) is 0. The molecule has 0 fully saturated rings. The highest BCUT2D eigenvalue weighted by Gasteiger charge is 2.16. The molecule has 0 amide bonds. The van der Waals surface area contributed by atoms with Gasteiger partial charge in [-0.1, -0.05) is 54.6 Å². The third kappa shape index (κ3) is 5.17. The first-order valence-corrected chi connectivity index (χ1v) is 10.1. The lowest BCUT2D eigenvalue weighted by Crippen LogP contribution is -2.24. The van der Waals surface area contributed by atoms with Crippen LogP contribution in [0.1, 0.15) is 35.2 Å². The lowest BCUT2D eigenvalue weighted by Gasteiger charge is -2.27. The summed E-state index contributed by atoms with van der Waals surface area (Å²) in [5.74, 6) is -0.525. The van der Waals surface area contributed by atoms with Crippen LogP contribution in [0.25, 0.3) is 10.8 Å². The van der Waals surface area contributed by atoms with Crippen LogP contribution in [-0.2, 0) is 20.8 Å². The first kappa shape index (κ1) is 21.4. The molecule has 0 aliphatic rings. The molecule has 0 saturated heterocycles. The highest BCUT2D eigenvalue weighted by Crippen LogP contribution is 2.31. The van der Waals surface area contributed by atoms with Gasteiger partial charge >= 0.3 is 11.9 Å². The van der Waals surface area contributed by atoms with E-state index in [-0.39, 0.29) is 11.9 Å². The maximum absolute atomic E-state index is 12.2. The maximum Gasteiger partial charge on any atom is 0.338 e. The average molecular weight is 405 g/mol. The predicted molar refractivity (Wildman–Crippen MR) is 119 cm³/mol. The Bertz CT molecular complexity index is 1000. The van der Waals surface area contributed by atoms with Gasteiger partial charge in [0.15, 0.2) is 0 Å². The highest BCUT2D eigenvalue weighted by atomic mass is 16.5. The molecule has 0 heterocycles. The Labute approximate surface area is 177 Å². The van der Waals surface area contributed by atoms with Crippen LogP contribution >= 0.6 is 0 Å². The molecule has 3 aromatic carbocycles. The average Bonchev–Trinajstić information content (AvgIpc) is 2.80. The first-order chi connectivity index (χ1) is 14.6. The van der Waals surface area contributed by atoms with Crippen LogP contribution in [-0.4, -0.2) is 32.7 Å². The second kappa shape index (κ2) is 10.4. The van der Waals surface area contributed by atoms with Gasteiger partial charge in [0.05, 0.1) is 19.8 Å². The second-order valence-corrected chi connectivity index (χ2v) is 7.11. The minimum absolute atomic E-state index is 0.183. The van der Waals surface area contributed by atoms with Crippen molar-refractivity contribution in [2.75, 3.05) is 25.7 Å². The molecule has 0 spiro atoms. The molecular formula is C25H27NO4. The number of methoxy groups -OCH3 is 2. The Kier molecular flexibility index (Phi) is 7.44. The van der Waals surface area contributed by atoms with Crippen molar-refractivity contribution in [1.29, 1.82) is 0 Å². The maximum atomic E-state index is 12.2. The zero-order valence-corrected chi connectivity index (χ0v) is 17.5. The van der Waals surface area contributed by atoms with E-state index in [0.29, 0.717) is 12.0 Å². The molecule has 3 rings (SSSR count). The lowest BCUT2D eigenvalue weighted by atomic mass is 10.0. The van der Waals surface area contributed by atoms with E-state index in [1.165, 1.54) is 19.8 Å². The van der Waals surface area contributed by atoms with Crippen molar-refractivity contribution in [3.63, 3.8) is 0 Å². The summed E-state index contributed by atoms with van der Waals surface area (Å²) in [7, 11) is 2.81. The minimum Gasteiger partial charge on any atom is -0.469 e. The molecule has 30 heavy (non-hydrogen) atoms. The monoisotopic (exact) mass is 405 g/mol. The molecule has 0 aliphatic heterocycles. The van der Waals surface area contributed by atoms with Crippen LogP contribution in [0, 0.1) is 0 Å². The van der Waals surface area contributed by atoms with E-state index in [2.05, 4.69) is 17.0 Å². The van der Waals surface area contributed by atoms with Gasteiger partial charge in [0, 0.05) is 30.6 Å². The molecule has 0 aliphatic carbocycles. The van der Waals surface area contributed by atoms with Gasteiger partial charge in [0.2, 0.25) is 0 Å². The number of anilines is 1. The largest absolute Gasteiger partial charge is 0.469 e. The SMILES string of the molecule is COC(=O)CCCCN(Cc1ccccc1)c1ccc(C(=O)OC)c2ccccc12. The number of ether oxygens (including phenoxy) is 2. The van der Waals surface area contributed by atoms with Crippen molar-refractivity contribution in [2.45, 2.75) is 25.8 Å². The fourth-order valence-electron chi connectivity index (χ4n) is 3.61. The molecule has 0 N–H and O–H groups in total. The first-order valence-electron chi connectivity index (χ1n) is 10.1. The summed E-state index contributed by atoms with van der Waals surface area (Å²) >= 11 is 0. The van der Waals surface area contributed by atoms with Crippen molar-refractivity contribution >= 4 is 28.4 Å². The Morgan fingerprint density at radius 2 is 1.50 bits per heavy atom. The van der Waals surface area contributed by atoms with E-state index in [9.17, 15) is 9.59 Å². The molecule has 156 valence electrons. The van der Waals surface area contributed by atoms with Gasteiger partial charge in [-0.2, -0.15) is 0 Å². The van der Waals surface area contributed by atoms with Crippen molar-refractivity contribution < 1.29 is 19.1 Å². The molecule has 0 aromatic heterocycles. The molecule has 0 atom stereocenters. The van der Waals surface area contributed by atoms with Gasteiger partial charge in [-0.25, -0.2) is 4.79 Å². The van der Waals surface area contributed by atoms with Crippen molar-refractivity contribution in [3.05, 3.63) is 77.9 Å². The molecule has 0 radical (unpaired) electrons. The van der Waals surface area contributed by atoms with Crippen LogP contribution in [0.4, 0.5) is 5.69 Å². The molecule has 0 unspecified atom stereocenters. The van der Waals surface area contributed by atoms with Crippen LogP contribution in [0.2, 0.25) is 0 Å². The van der Waals surface area contributed by atoms with E-state index in [4.69, 9.17) is 9.47 Å². The Morgan fingerprint density at radius 3 is 2.20 bits per heavy atom. The topological polar surface area (TPSA) is 55.8 Å². The second-order valence-electron chi connectivity index (χ2n) is 7.11. The van der Waals surface area contributed by atoms with Crippen molar-refractivity contribution in [2.24, 2.45) is 0 Å². The van der Waals surface area contributed by atoms with Gasteiger partial charge in [0.25, 0.3) is 0 Å². The number of benzene rings is 3. The summed E-state index contributed by atoms with van der Waals surface area (Å²) in [5.41, 5.74) is 2.81. The number of carbonyl (C=O) groups is 2. The van der Waals surface area contributed by atoms with Gasteiger partial charge in [-0.3, -0.25) is 4.79 Å². The molecule has 5 heteroatoms. The summed E-state index contributed by atoms with van der Waals surface area (Å²) in [4.78, 5) is 26.0. The fraction of sp³-hybridized carbons (Fsp3) is 0.280. The molecular weight excluding hydrogens is 378 g/mol. The number of carbonyl (C=O) groups excluding carboxylic acids is 2. The molecule has 5 nitrogen and oxygen atoms in total. The lowest BCUT2D eigenvalue weighted by molar-refractivity contribution is -0.140.